The second-order valence-corrected chi connectivity index (χ2v) is 5.11. The summed E-state index contributed by atoms with van der Waals surface area (Å²) in [6, 6.07) is 8.14. The summed E-state index contributed by atoms with van der Waals surface area (Å²) in [5.41, 5.74) is 8.57. The molecular weight excluding hydrogens is 271 g/mol. The second-order valence-electron chi connectivity index (χ2n) is 5.11. The predicted molar refractivity (Wildman–Crippen MR) is 79.0 cm³/mol. The molecule has 0 radical (unpaired) electrons. The Bertz CT molecular complexity index is 728. The summed E-state index contributed by atoms with van der Waals surface area (Å²) in [7, 11) is 0. The molecule has 0 fully saturated rings. The third kappa shape index (κ3) is 2.67. The van der Waals surface area contributed by atoms with Crippen LogP contribution in [0.5, 0.6) is 11.5 Å². The number of amides is 1. The van der Waals surface area contributed by atoms with Gasteiger partial charge in [-0.1, -0.05) is 6.07 Å². The normalized spacial score (nSPS) is 13.5. The number of ether oxygens (including phenoxy) is 1. The van der Waals surface area contributed by atoms with Gasteiger partial charge in [0.25, 0.3) is 0 Å². The minimum Gasteiger partial charge on any atom is -0.455 e. The van der Waals surface area contributed by atoms with Gasteiger partial charge in [-0.05, 0) is 42.7 Å². The zero-order valence-electron chi connectivity index (χ0n) is 11.6. The van der Waals surface area contributed by atoms with E-state index in [2.05, 4.69) is 5.32 Å². The van der Waals surface area contributed by atoms with Gasteiger partial charge in [0, 0.05) is 18.2 Å². The van der Waals surface area contributed by atoms with E-state index in [9.17, 15) is 9.18 Å². The van der Waals surface area contributed by atoms with Crippen molar-refractivity contribution in [3.05, 3.63) is 47.3 Å². The van der Waals surface area contributed by atoms with Gasteiger partial charge in [-0.15, -0.1) is 0 Å². The van der Waals surface area contributed by atoms with Gasteiger partial charge in [0.2, 0.25) is 5.91 Å². The zero-order valence-corrected chi connectivity index (χ0v) is 11.6. The molecule has 0 saturated carbocycles. The van der Waals surface area contributed by atoms with Gasteiger partial charge >= 0.3 is 0 Å². The SMILES string of the molecule is Cc1ccc(Oc2cc3c(cc2N)NC(=O)CC3)cc1F. The summed E-state index contributed by atoms with van der Waals surface area (Å²) in [6.45, 7) is 1.69. The van der Waals surface area contributed by atoms with Crippen molar-refractivity contribution in [1.82, 2.24) is 0 Å². The highest BCUT2D eigenvalue weighted by Gasteiger charge is 2.17. The number of carbonyl (C=O) groups is 1. The minimum absolute atomic E-state index is 0.0174. The lowest BCUT2D eigenvalue weighted by Gasteiger charge is -2.19. The number of rotatable bonds is 2. The van der Waals surface area contributed by atoms with Crippen LogP contribution in [0, 0.1) is 12.7 Å². The van der Waals surface area contributed by atoms with Crippen LogP contribution >= 0.6 is 0 Å². The standard InChI is InChI=1S/C16H15FN2O2/c1-9-2-4-11(7-12(9)17)21-15-6-10-3-5-16(20)19-14(10)8-13(15)18/h2,4,6-8H,3,5,18H2,1H3,(H,19,20). The fourth-order valence-corrected chi connectivity index (χ4v) is 2.28. The number of carbonyl (C=O) groups excluding carboxylic acids is 1. The molecule has 0 saturated heterocycles. The third-order valence-corrected chi connectivity index (χ3v) is 3.50. The Hall–Kier alpha value is -2.56. The van der Waals surface area contributed by atoms with Crippen LogP contribution in [0.3, 0.4) is 0 Å². The van der Waals surface area contributed by atoms with Crippen LogP contribution in [0.1, 0.15) is 17.5 Å². The van der Waals surface area contributed by atoms with Crippen molar-refractivity contribution in [1.29, 1.82) is 0 Å². The van der Waals surface area contributed by atoms with E-state index in [1.165, 1.54) is 6.07 Å². The van der Waals surface area contributed by atoms with Crippen LogP contribution in [0.2, 0.25) is 0 Å². The molecule has 0 atom stereocenters. The number of hydrogen-bond donors (Lipinski definition) is 2. The second kappa shape index (κ2) is 5.09. The minimum atomic E-state index is -0.323. The van der Waals surface area contributed by atoms with Crippen molar-refractivity contribution in [3.8, 4) is 11.5 Å². The van der Waals surface area contributed by atoms with Gasteiger partial charge in [0.15, 0.2) is 5.75 Å². The number of aryl methyl sites for hydroxylation is 2. The van der Waals surface area contributed by atoms with Crippen LogP contribution in [0.25, 0.3) is 0 Å². The molecular formula is C16H15FN2O2. The Labute approximate surface area is 121 Å². The summed E-state index contributed by atoms with van der Waals surface area (Å²) >= 11 is 0. The third-order valence-electron chi connectivity index (χ3n) is 3.50. The molecule has 3 rings (SSSR count). The van der Waals surface area contributed by atoms with E-state index in [-0.39, 0.29) is 11.7 Å². The van der Waals surface area contributed by atoms with Crippen LogP contribution in [-0.2, 0) is 11.2 Å². The first kappa shape index (κ1) is 13.4. The molecule has 1 heterocycles. The summed E-state index contributed by atoms with van der Waals surface area (Å²) in [5.74, 6) is 0.519. The van der Waals surface area contributed by atoms with E-state index < -0.39 is 0 Å². The smallest absolute Gasteiger partial charge is 0.224 e. The highest BCUT2D eigenvalue weighted by molar-refractivity contribution is 5.94. The predicted octanol–water partition coefficient (Wildman–Crippen LogP) is 3.39. The summed E-state index contributed by atoms with van der Waals surface area (Å²) < 4.78 is 19.2. The maximum atomic E-state index is 13.5. The molecule has 0 aromatic heterocycles. The molecule has 2 aromatic carbocycles. The van der Waals surface area contributed by atoms with Gasteiger partial charge in [0.1, 0.15) is 11.6 Å². The summed E-state index contributed by atoms with van der Waals surface area (Å²) in [5, 5.41) is 2.77. The first-order chi connectivity index (χ1) is 10.0. The molecule has 4 nitrogen and oxygen atoms in total. The molecule has 0 spiro atoms. The Morgan fingerprint density at radius 3 is 2.81 bits per heavy atom. The molecule has 108 valence electrons. The Balaban J connectivity index is 1.92. The lowest BCUT2D eigenvalue weighted by Crippen LogP contribution is -2.19. The molecule has 0 aliphatic carbocycles. The van der Waals surface area contributed by atoms with Crippen molar-refractivity contribution in [2.45, 2.75) is 19.8 Å². The van der Waals surface area contributed by atoms with E-state index in [1.54, 1.807) is 31.2 Å². The van der Waals surface area contributed by atoms with Gasteiger partial charge in [-0.3, -0.25) is 4.79 Å². The Morgan fingerprint density at radius 2 is 2.05 bits per heavy atom. The van der Waals surface area contributed by atoms with E-state index >= 15 is 0 Å². The number of halogens is 1. The molecule has 0 bridgehead atoms. The average molecular weight is 286 g/mol. The van der Waals surface area contributed by atoms with Gasteiger partial charge in [-0.25, -0.2) is 4.39 Å². The van der Waals surface area contributed by atoms with Crippen molar-refractivity contribution in [2.24, 2.45) is 0 Å². The molecule has 2 aromatic rings. The van der Waals surface area contributed by atoms with Crippen molar-refractivity contribution < 1.29 is 13.9 Å². The number of nitrogens with one attached hydrogen (secondary N) is 1. The van der Waals surface area contributed by atoms with Gasteiger partial charge in [-0.2, -0.15) is 0 Å². The topological polar surface area (TPSA) is 64.3 Å². The molecule has 21 heavy (non-hydrogen) atoms. The van der Waals surface area contributed by atoms with E-state index in [0.29, 0.717) is 41.3 Å². The Kier molecular flexibility index (Phi) is 3.25. The van der Waals surface area contributed by atoms with Crippen molar-refractivity contribution in [3.63, 3.8) is 0 Å². The lowest BCUT2D eigenvalue weighted by molar-refractivity contribution is -0.116. The number of anilines is 2. The molecule has 0 unspecified atom stereocenters. The molecule has 3 N–H and O–H groups in total. The van der Waals surface area contributed by atoms with Crippen molar-refractivity contribution in [2.75, 3.05) is 11.1 Å². The van der Waals surface area contributed by atoms with Crippen LogP contribution in [0.15, 0.2) is 30.3 Å². The van der Waals surface area contributed by atoms with E-state index in [4.69, 9.17) is 10.5 Å². The monoisotopic (exact) mass is 286 g/mol. The van der Waals surface area contributed by atoms with Crippen LogP contribution in [0.4, 0.5) is 15.8 Å². The lowest BCUT2D eigenvalue weighted by atomic mass is 10.0. The van der Waals surface area contributed by atoms with Crippen LogP contribution in [-0.4, -0.2) is 5.91 Å². The van der Waals surface area contributed by atoms with Gasteiger partial charge in [0.05, 0.1) is 5.69 Å². The van der Waals surface area contributed by atoms with E-state index in [1.807, 2.05) is 0 Å². The fraction of sp³-hybridized carbons (Fsp3) is 0.188. The first-order valence-corrected chi connectivity index (χ1v) is 6.69. The highest BCUT2D eigenvalue weighted by atomic mass is 19.1. The van der Waals surface area contributed by atoms with Crippen LogP contribution < -0.4 is 15.8 Å². The maximum absolute atomic E-state index is 13.5. The average Bonchev–Trinajstić information content (AvgIpc) is 2.44. The largest absolute Gasteiger partial charge is 0.455 e. The highest BCUT2D eigenvalue weighted by Crippen LogP contribution is 2.35. The number of nitrogen functional groups attached to an aromatic ring is 1. The molecule has 5 heteroatoms. The quantitative estimate of drug-likeness (QED) is 0.832. The zero-order chi connectivity index (χ0) is 15.0. The van der Waals surface area contributed by atoms with E-state index in [0.717, 1.165) is 5.56 Å². The van der Waals surface area contributed by atoms with Crippen molar-refractivity contribution >= 4 is 17.3 Å². The fourth-order valence-electron chi connectivity index (χ4n) is 2.28. The number of hydrogen-bond acceptors (Lipinski definition) is 3. The molecule has 1 amide bonds. The maximum Gasteiger partial charge on any atom is 0.224 e. The molecule has 1 aliphatic rings. The number of fused-ring (bicyclic) bond motifs is 1. The van der Waals surface area contributed by atoms with Gasteiger partial charge < -0.3 is 15.8 Å². The Morgan fingerprint density at radius 1 is 1.24 bits per heavy atom. The number of nitrogens with two attached hydrogens (primary N) is 1. The number of benzene rings is 2. The summed E-state index contributed by atoms with van der Waals surface area (Å²) in [6.07, 6.45) is 1.08. The summed E-state index contributed by atoms with van der Waals surface area (Å²) in [4.78, 5) is 11.4. The first-order valence-electron chi connectivity index (χ1n) is 6.69. The molecule has 1 aliphatic heterocycles.